The Bertz CT molecular complexity index is 235. The van der Waals surface area contributed by atoms with Gasteiger partial charge in [-0.25, -0.2) is 0 Å². The minimum atomic E-state index is -3.94. The van der Waals surface area contributed by atoms with Crippen LogP contribution in [0.4, 0.5) is 0 Å². The van der Waals surface area contributed by atoms with Gasteiger partial charge in [-0.2, -0.15) is 0 Å². The Kier molecular flexibility index (Phi) is 18.3. The molecule has 0 amide bonds. The molecule has 0 spiro atoms. The van der Waals surface area contributed by atoms with Crippen molar-refractivity contribution in [2.45, 2.75) is 79.1 Å². The molecule has 0 aliphatic rings. The predicted molar refractivity (Wildman–Crippen MR) is 80.7 cm³/mol. The zero-order valence-corrected chi connectivity index (χ0v) is 16.0. The van der Waals surface area contributed by atoms with Crippen molar-refractivity contribution in [2.24, 2.45) is 0 Å². The second-order valence-electron chi connectivity index (χ2n) is 5.87. The standard InChI is InChI=1S/C16H36N.3O.V/c1-5-9-13-17(14-10-6-2,15-11-7-3)16-12-8-4;;;;/h5-16H2,1-4H3;;;;/q+1;;;-1;. The van der Waals surface area contributed by atoms with Crippen LogP contribution in [0, 0.1) is 0 Å². The Labute approximate surface area is 136 Å². The average Bonchev–Trinajstić information content (AvgIpc) is 2.45. The minimum absolute atomic E-state index is 1.35. The third kappa shape index (κ3) is 16.3. The molecule has 0 aromatic carbocycles. The molecule has 0 atom stereocenters. The molecule has 0 radical (unpaired) electrons. The summed E-state index contributed by atoms with van der Waals surface area (Å²) in [4.78, 5) is 0. The summed E-state index contributed by atoms with van der Waals surface area (Å²) in [5, 5.41) is 0. The molecule has 128 valence electrons. The number of hydrogen-bond donors (Lipinski definition) is 0. The second kappa shape index (κ2) is 16.5. The van der Waals surface area contributed by atoms with Crippen LogP contribution in [0.2, 0.25) is 0 Å². The fourth-order valence-electron chi connectivity index (χ4n) is 2.64. The second-order valence-corrected chi connectivity index (χ2v) is 6.57. The normalized spacial score (nSPS) is 10.9. The Morgan fingerprint density at radius 3 is 1.00 bits per heavy atom. The number of hydrogen-bond acceptors (Lipinski definition) is 3. The van der Waals surface area contributed by atoms with Gasteiger partial charge >= 0.3 is 26.8 Å². The van der Waals surface area contributed by atoms with Gasteiger partial charge in [-0.1, -0.05) is 53.4 Å². The average molecular weight is 341 g/mol. The fourth-order valence-corrected chi connectivity index (χ4v) is 2.64. The van der Waals surface area contributed by atoms with E-state index in [1.807, 2.05) is 0 Å². The van der Waals surface area contributed by atoms with E-state index in [1.165, 1.54) is 82.0 Å². The van der Waals surface area contributed by atoms with Crippen LogP contribution in [0.5, 0.6) is 0 Å². The Hall–Kier alpha value is 0.104. The maximum absolute atomic E-state index is 8.56. The van der Waals surface area contributed by atoms with E-state index < -0.39 is 15.4 Å². The fraction of sp³-hybridized carbons (Fsp3) is 1.00. The molecule has 0 unspecified atom stereocenters. The molecule has 21 heavy (non-hydrogen) atoms. The summed E-state index contributed by atoms with van der Waals surface area (Å²) in [6, 6.07) is 0. The SMILES string of the molecule is CCCC[N+](CCCC)(CCCC)CCCC.[O]=[V](=[O])[O-]. The molecule has 0 fully saturated rings. The summed E-state index contributed by atoms with van der Waals surface area (Å²) in [5.74, 6) is 0. The van der Waals surface area contributed by atoms with Crippen molar-refractivity contribution in [3.63, 3.8) is 0 Å². The van der Waals surface area contributed by atoms with Gasteiger partial charge in [0.1, 0.15) is 0 Å². The maximum atomic E-state index is 8.56. The van der Waals surface area contributed by atoms with Gasteiger partial charge in [-0.05, 0) is 25.7 Å². The molecule has 5 heteroatoms. The third-order valence-electron chi connectivity index (χ3n) is 3.94. The Balaban J connectivity index is 0. The molecular formula is C16H36NO3V. The van der Waals surface area contributed by atoms with Gasteiger partial charge in [0.15, 0.2) is 0 Å². The van der Waals surface area contributed by atoms with Gasteiger partial charge in [0.05, 0.1) is 26.2 Å². The molecule has 0 bridgehead atoms. The summed E-state index contributed by atoms with van der Waals surface area (Å²) < 4.78 is 27.1. The molecule has 0 saturated carbocycles. The van der Waals surface area contributed by atoms with E-state index in [4.69, 9.17) is 11.4 Å². The molecule has 0 heterocycles. The molecule has 0 saturated heterocycles. The van der Waals surface area contributed by atoms with Crippen molar-refractivity contribution in [3.05, 3.63) is 0 Å². The summed E-state index contributed by atoms with van der Waals surface area (Å²) in [6.45, 7) is 15.0. The summed E-state index contributed by atoms with van der Waals surface area (Å²) >= 11 is -3.94. The van der Waals surface area contributed by atoms with Gasteiger partial charge in [0, 0.05) is 0 Å². The van der Waals surface area contributed by atoms with Crippen molar-refractivity contribution < 1.29 is 31.3 Å². The third-order valence-corrected chi connectivity index (χ3v) is 3.94. The first-order valence-corrected chi connectivity index (χ1v) is 10.4. The quantitative estimate of drug-likeness (QED) is 0.510. The zero-order valence-electron chi connectivity index (χ0n) is 14.6. The Morgan fingerprint density at radius 1 is 0.667 bits per heavy atom. The van der Waals surface area contributed by atoms with Crippen molar-refractivity contribution in [2.75, 3.05) is 26.2 Å². The zero-order chi connectivity index (χ0) is 16.6. The van der Waals surface area contributed by atoms with Crippen molar-refractivity contribution in [1.82, 2.24) is 0 Å². The van der Waals surface area contributed by atoms with E-state index in [0.717, 1.165) is 0 Å². The molecular weight excluding hydrogens is 305 g/mol. The van der Waals surface area contributed by atoms with E-state index in [-0.39, 0.29) is 0 Å². The van der Waals surface area contributed by atoms with Crippen LogP contribution in [0.25, 0.3) is 0 Å². The summed E-state index contributed by atoms with van der Waals surface area (Å²) in [6.07, 6.45) is 11.1. The van der Waals surface area contributed by atoms with Crippen LogP contribution >= 0.6 is 0 Å². The molecule has 0 aliphatic carbocycles. The van der Waals surface area contributed by atoms with Gasteiger partial charge in [-0.3, -0.25) is 0 Å². The molecule has 0 aromatic rings. The van der Waals surface area contributed by atoms with E-state index in [0.29, 0.717) is 0 Å². The summed E-state index contributed by atoms with van der Waals surface area (Å²) in [5.41, 5.74) is 0. The number of nitrogens with zero attached hydrogens (tertiary/aromatic N) is 1. The number of rotatable bonds is 12. The van der Waals surface area contributed by atoms with E-state index in [9.17, 15) is 0 Å². The van der Waals surface area contributed by atoms with Crippen molar-refractivity contribution in [3.8, 4) is 0 Å². The first-order chi connectivity index (χ1) is 9.97. The monoisotopic (exact) mass is 341 g/mol. The van der Waals surface area contributed by atoms with Crippen molar-refractivity contribution in [1.29, 1.82) is 0 Å². The Morgan fingerprint density at radius 2 is 0.857 bits per heavy atom. The van der Waals surface area contributed by atoms with Crippen LogP contribution in [0.3, 0.4) is 0 Å². The van der Waals surface area contributed by atoms with Crippen LogP contribution in [0.15, 0.2) is 0 Å². The van der Waals surface area contributed by atoms with Crippen LogP contribution in [-0.4, -0.2) is 30.7 Å². The first kappa shape index (κ1) is 23.4. The van der Waals surface area contributed by atoms with Gasteiger partial charge < -0.3 is 4.48 Å². The van der Waals surface area contributed by atoms with Crippen LogP contribution < -0.4 is 4.03 Å². The topological polar surface area (TPSA) is 57.2 Å². The molecule has 0 aliphatic heterocycles. The van der Waals surface area contributed by atoms with Crippen LogP contribution in [-0.2, 0) is 22.7 Å². The van der Waals surface area contributed by atoms with Gasteiger partial charge in [0.25, 0.3) is 0 Å². The number of unbranched alkanes of at least 4 members (excludes halogenated alkanes) is 4. The van der Waals surface area contributed by atoms with Gasteiger partial charge in [-0.15, -0.1) is 0 Å². The molecule has 0 aromatic heterocycles. The van der Waals surface area contributed by atoms with Gasteiger partial charge in [0.2, 0.25) is 0 Å². The van der Waals surface area contributed by atoms with Crippen LogP contribution in [0.1, 0.15) is 79.1 Å². The number of quaternary nitrogens is 1. The first-order valence-electron chi connectivity index (χ1n) is 8.64. The van der Waals surface area contributed by atoms with E-state index in [1.54, 1.807) is 0 Å². The molecule has 0 N–H and O–H groups in total. The van der Waals surface area contributed by atoms with Crippen molar-refractivity contribution >= 4 is 0 Å². The predicted octanol–water partition coefficient (Wildman–Crippen LogP) is 3.57. The summed E-state index contributed by atoms with van der Waals surface area (Å²) in [7, 11) is 0. The van der Waals surface area contributed by atoms with E-state index >= 15 is 0 Å². The molecule has 0 rings (SSSR count). The molecule has 4 nitrogen and oxygen atoms in total. The van der Waals surface area contributed by atoms with E-state index in [2.05, 4.69) is 27.7 Å².